The number of nitrogens with one attached hydrogen (secondary N) is 1. The Labute approximate surface area is 166 Å². The van der Waals surface area contributed by atoms with Crippen molar-refractivity contribution in [1.29, 1.82) is 0 Å². The topological polar surface area (TPSA) is 84.9 Å². The Balaban J connectivity index is 2.48. The van der Waals surface area contributed by atoms with Gasteiger partial charge in [-0.15, -0.1) is 0 Å². The van der Waals surface area contributed by atoms with Crippen molar-refractivity contribution in [3.63, 3.8) is 0 Å². The lowest BCUT2D eigenvalue weighted by atomic mass is 10.2. The molecule has 7 nitrogen and oxygen atoms in total. The van der Waals surface area contributed by atoms with Gasteiger partial charge in [0.15, 0.2) is 11.5 Å². The quantitative estimate of drug-likeness (QED) is 0.692. The highest BCUT2D eigenvalue weighted by Gasteiger charge is 2.28. The summed E-state index contributed by atoms with van der Waals surface area (Å²) in [4.78, 5) is 12.3. The van der Waals surface area contributed by atoms with Crippen LogP contribution in [0.5, 0.6) is 11.5 Å². The van der Waals surface area contributed by atoms with Gasteiger partial charge in [0.05, 0.1) is 24.8 Å². The molecular formula is C20H26N2O5S. The van der Waals surface area contributed by atoms with Crippen molar-refractivity contribution in [3.8, 4) is 11.5 Å². The van der Waals surface area contributed by atoms with Gasteiger partial charge in [-0.3, -0.25) is 9.10 Å². The van der Waals surface area contributed by atoms with Gasteiger partial charge in [0, 0.05) is 12.6 Å². The van der Waals surface area contributed by atoms with Crippen LogP contribution in [0, 0.1) is 6.92 Å². The SMILES string of the molecule is CCCNC(=O)CN(c1ccc(C)cc1)S(=O)(=O)c1ccc(OC)c(OC)c1. The lowest BCUT2D eigenvalue weighted by Crippen LogP contribution is -2.41. The molecule has 0 bridgehead atoms. The van der Waals surface area contributed by atoms with Gasteiger partial charge in [-0.1, -0.05) is 24.6 Å². The number of nitrogens with zero attached hydrogens (tertiary/aromatic N) is 1. The third-order valence-corrected chi connectivity index (χ3v) is 5.89. The monoisotopic (exact) mass is 406 g/mol. The molecule has 0 heterocycles. The molecule has 0 fully saturated rings. The Hall–Kier alpha value is -2.74. The van der Waals surface area contributed by atoms with Crippen LogP contribution in [0.1, 0.15) is 18.9 Å². The second-order valence-corrected chi connectivity index (χ2v) is 8.08. The van der Waals surface area contributed by atoms with Crippen molar-refractivity contribution in [2.24, 2.45) is 0 Å². The maximum absolute atomic E-state index is 13.3. The number of anilines is 1. The first-order chi connectivity index (χ1) is 13.3. The highest BCUT2D eigenvalue weighted by Crippen LogP contribution is 2.32. The summed E-state index contributed by atoms with van der Waals surface area (Å²) in [6, 6.07) is 11.3. The summed E-state index contributed by atoms with van der Waals surface area (Å²) in [5.41, 5.74) is 1.40. The minimum Gasteiger partial charge on any atom is -0.493 e. The molecule has 2 rings (SSSR count). The fraction of sp³-hybridized carbons (Fsp3) is 0.350. The molecule has 0 atom stereocenters. The molecule has 0 aliphatic carbocycles. The molecule has 1 amide bonds. The summed E-state index contributed by atoms with van der Waals surface area (Å²) in [6.07, 6.45) is 0.763. The van der Waals surface area contributed by atoms with Crippen LogP contribution in [-0.2, 0) is 14.8 Å². The van der Waals surface area contributed by atoms with E-state index in [-0.39, 0.29) is 17.3 Å². The normalized spacial score (nSPS) is 11.0. The van der Waals surface area contributed by atoms with Crippen LogP contribution in [0.4, 0.5) is 5.69 Å². The van der Waals surface area contributed by atoms with E-state index in [0.29, 0.717) is 23.7 Å². The summed E-state index contributed by atoms with van der Waals surface area (Å²) in [6.45, 7) is 4.00. The van der Waals surface area contributed by atoms with E-state index in [1.165, 1.54) is 32.4 Å². The van der Waals surface area contributed by atoms with Crippen molar-refractivity contribution in [2.45, 2.75) is 25.2 Å². The maximum Gasteiger partial charge on any atom is 0.264 e. The zero-order valence-electron chi connectivity index (χ0n) is 16.6. The number of hydrogen-bond acceptors (Lipinski definition) is 5. The molecule has 0 saturated heterocycles. The van der Waals surface area contributed by atoms with Gasteiger partial charge < -0.3 is 14.8 Å². The smallest absolute Gasteiger partial charge is 0.264 e. The fourth-order valence-corrected chi connectivity index (χ4v) is 4.02. The lowest BCUT2D eigenvalue weighted by Gasteiger charge is -2.24. The molecule has 0 aliphatic rings. The van der Waals surface area contributed by atoms with Crippen LogP contribution in [0.25, 0.3) is 0 Å². The van der Waals surface area contributed by atoms with E-state index in [1.807, 2.05) is 13.8 Å². The van der Waals surface area contributed by atoms with Gasteiger partial charge in [0.1, 0.15) is 6.54 Å². The third kappa shape index (κ3) is 4.95. The largest absolute Gasteiger partial charge is 0.493 e. The van der Waals surface area contributed by atoms with Crippen LogP contribution >= 0.6 is 0 Å². The molecule has 0 unspecified atom stereocenters. The Morgan fingerprint density at radius 1 is 1.04 bits per heavy atom. The molecule has 0 saturated carbocycles. The number of methoxy groups -OCH3 is 2. The van der Waals surface area contributed by atoms with Gasteiger partial charge in [-0.25, -0.2) is 8.42 Å². The zero-order valence-corrected chi connectivity index (χ0v) is 17.4. The molecule has 152 valence electrons. The van der Waals surface area contributed by atoms with Crippen molar-refractivity contribution in [3.05, 3.63) is 48.0 Å². The number of sulfonamides is 1. The van der Waals surface area contributed by atoms with Gasteiger partial charge in [-0.05, 0) is 37.6 Å². The highest BCUT2D eigenvalue weighted by atomic mass is 32.2. The predicted molar refractivity (Wildman–Crippen MR) is 109 cm³/mol. The van der Waals surface area contributed by atoms with Crippen molar-refractivity contribution in [2.75, 3.05) is 31.6 Å². The summed E-state index contributed by atoms with van der Waals surface area (Å²) in [7, 11) is -1.10. The van der Waals surface area contributed by atoms with Gasteiger partial charge in [0.2, 0.25) is 5.91 Å². The van der Waals surface area contributed by atoms with Gasteiger partial charge >= 0.3 is 0 Å². The summed E-state index contributed by atoms with van der Waals surface area (Å²) < 4.78 is 38.2. The standard InChI is InChI=1S/C20H26N2O5S/c1-5-12-21-20(23)14-22(16-8-6-15(2)7-9-16)28(24,25)17-10-11-18(26-3)19(13-17)27-4/h6-11,13H,5,12,14H2,1-4H3,(H,21,23). The van der Waals surface area contributed by atoms with Crippen LogP contribution in [-0.4, -0.2) is 41.6 Å². The predicted octanol–water partition coefficient (Wildman–Crippen LogP) is 2.73. The highest BCUT2D eigenvalue weighted by molar-refractivity contribution is 7.92. The summed E-state index contributed by atoms with van der Waals surface area (Å²) >= 11 is 0. The minimum atomic E-state index is -4.01. The number of benzene rings is 2. The molecule has 2 aromatic rings. The molecule has 0 aromatic heterocycles. The second-order valence-electron chi connectivity index (χ2n) is 6.21. The number of amides is 1. The van der Waals surface area contributed by atoms with Crippen LogP contribution in [0.3, 0.4) is 0 Å². The first-order valence-electron chi connectivity index (χ1n) is 8.91. The number of hydrogen-bond donors (Lipinski definition) is 1. The maximum atomic E-state index is 13.3. The third-order valence-electron chi connectivity index (χ3n) is 4.12. The molecule has 28 heavy (non-hydrogen) atoms. The first kappa shape index (κ1) is 21.6. The van der Waals surface area contributed by atoms with Gasteiger partial charge in [-0.2, -0.15) is 0 Å². The van der Waals surface area contributed by atoms with Gasteiger partial charge in [0.25, 0.3) is 10.0 Å². The number of ether oxygens (including phenoxy) is 2. The zero-order chi connectivity index (χ0) is 20.7. The molecular weight excluding hydrogens is 380 g/mol. The first-order valence-corrected chi connectivity index (χ1v) is 10.4. The molecule has 0 spiro atoms. The van der Waals surface area contributed by atoms with Crippen molar-refractivity contribution in [1.82, 2.24) is 5.32 Å². The van der Waals surface area contributed by atoms with E-state index < -0.39 is 10.0 Å². The molecule has 2 aromatic carbocycles. The van der Waals surface area contributed by atoms with Crippen LogP contribution in [0.2, 0.25) is 0 Å². The average Bonchev–Trinajstić information content (AvgIpc) is 2.70. The van der Waals surface area contributed by atoms with Crippen LogP contribution in [0.15, 0.2) is 47.4 Å². The van der Waals surface area contributed by atoms with E-state index in [0.717, 1.165) is 16.3 Å². The lowest BCUT2D eigenvalue weighted by molar-refractivity contribution is -0.119. The van der Waals surface area contributed by atoms with Crippen LogP contribution < -0.4 is 19.1 Å². The average molecular weight is 407 g/mol. The van der Waals surface area contributed by atoms with E-state index in [1.54, 1.807) is 24.3 Å². The second kappa shape index (κ2) is 9.45. The van der Waals surface area contributed by atoms with E-state index in [9.17, 15) is 13.2 Å². The molecule has 0 radical (unpaired) electrons. The molecule has 1 N–H and O–H groups in total. The van der Waals surface area contributed by atoms with E-state index >= 15 is 0 Å². The molecule has 0 aliphatic heterocycles. The Morgan fingerprint density at radius 2 is 1.68 bits per heavy atom. The van der Waals surface area contributed by atoms with E-state index in [2.05, 4.69) is 5.32 Å². The fourth-order valence-electron chi connectivity index (χ4n) is 2.58. The number of aryl methyl sites for hydroxylation is 1. The summed E-state index contributed by atoms with van der Waals surface area (Å²) in [5.74, 6) is 0.346. The number of carbonyl (C=O) groups excluding carboxylic acids is 1. The number of rotatable bonds is 9. The van der Waals surface area contributed by atoms with Crippen molar-refractivity contribution >= 4 is 21.6 Å². The Morgan fingerprint density at radius 3 is 2.25 bits per heavy atom. The van der Waals surface area contributed by atoms with E-state index in [4.69, 9.17) is 9.47 Å². The summed E-state index contributed by atoms with van der Waals surface area (Å²) in [5, 5.41) is 2.72. The number of carbonyl (C=O) groups is 1. The Bertz CT molecular complexity index is 911. The minimum absolute atomic E-state index is 0.00835. The Kier molecular flexibility index (Phi) is 7.28. The molecule has 8 heteroatoms. The van der Waals surface area contributed by atoms with Crippen molar-refractivity contribution < 1.29 is 22.7 Å².